The molecule has 1 amide bonds. The SMILES string of the molecule is Cc1cc(S(=O)(=O)[C@H](CNC(=O)c2cccc(Br)c2)c2cccs2)ccc1F. The zero-order chi connectivity index (χ0) is 20.3. The number of carbonyl (C=O) groups is 1. The third-order valence-electron chi connectivity index (χ3n) is 4.23. The lowest BCUT2D eigenvalue weighted by atomic mass is 10.2. The van der Waals surface area contributed by atoms with Crippen LogP contribution in [0.3, 0.4) is 0 Å². The van der Waals surface area contributed by atoms with Crippen LogP contribution in [0, 0.1) is 12.7 Å². The Morgan fingerprint density at radius 2 is 1.96 bits per heavy atom. The van der Waals surface area contributed by atoms with E-state index < -0.39 is 20.9 Å². The first kappa shape index (κ1) is 20.7. The maximum atomic E-state index is 13.6. The van der Waals surface area contributed by atoms with E-state index in [2.05, 4.69) is 21.2 Å². The standard InChI is InChI=1S/C20H17BrFNO3S2/c1-13-10-16(7-8-17(13)22)28(25,26)19(18-6-3-9-27-18)12-23-20(24)14-4-2-5-15(21)11-14/h2-11,19H,12H2,1H3,(H,23,24)/t19-/m1/s1. The molecule has 28 heavy (non-hydrogen) atoms. The Bertz CT molecular complexity index is 1100. The second-order valence-corrected chi connectivity index (χ2v) is 10.2. The number of sulfone groups is 1. The predicted molar refractivity (Wildman–Crippen MR) is 112 cm³/mol. The van der Waals surface area contributed by atoms with Crippen LogP contribution in [0.15, 0.2) is 69.3 Å². The molecule has 146 valence electrons. The van der Waals surface area contributed by atoms with E-state index in [-0.39, 0.29) is 22.9 Å². The van der Waals surface area contributed by atoms with Gasteiger partial charge in [0.1, 0.15) is 11.1 Å². The number of rotatable bonds is 6. The van der Waals surface area contributed by atoms with E-state index in [4.69, 9.17) is 0 Å². The summed E-state index contributed by atoms with van der Waals surface area (Å²) in [6.45, 7) is 1.42. The molecule has 1 N–H and O–H groups in total. The number of thiophene rings is 1. The Kier molecular flexibility index (Phi) is 6.32. The van der Waals surface area contributed by atoms with Crippen LogP contribution in [-0.4, -0.2) is 20.9 Å². The number of aryl methyl sites for hydroxylation is 1. The van der Waals surface area contributed by atoms with E-state index in [0.29, 0.717) is 10.4 Å². The van der Waals surface area contributed by atoms with Gasteiger partial charge >= 0.3 is 0 Å². The van der Waals surface area contributed by atoms with E-state index >= 15 is 0 Å². The van der Waals surface area contributed by atoms with Crippen LogP contribution >= 0.6 is 27.3 Å². The summed E-state index contributed by atoms with van der Waals surface area (Å²) in [4.78, 5) is 13.1. The predicted octanol–water partition coefficient (Wildman–Crippen LogP) is 4.90. The van der Waals surface area contributed by atoms with E-state index in [1.165, 1.54) is 30.4 Å². The molecule has 3 aromatic rings. The number of halogens is 2. The molecule has 0 spiro atoms. The fourth-order valence-corrected chi connectivity index (χ4v) is 5.98. The van der Waals surface area contributed by atoms with Gasteiger partial charge in [-0.1, -0.05) is 28.1 Å². The smallest absolute Gasteiger partial charge is 0.251 e. The van der Waals surface area contributed by atoms with Gasteiger partial charge in [-0.3, -0.25) is 4.79 Å². The first-order valence-corrected chi connectivity index (χ1v) is 11.6. The Morgan fingerprint density at radius 1 is 1.18 bits per heavy atom. The molecule has 0 aliphatic heterocycles. The monoisotopic (exact) mass is 481 g/mol. The summed E-state index contributed by atoms with van der Waals surface area (Å²) in [6.07, 6.45) is 0. The van der Waals surface area contributed by atoms with Gasteiger partial charge in [0.15, 0.2) is 9.84 Å². The molecule has 0 radical (unpaired) electrons. The van der Waals surface area contributed by atoms with Crippen molar-refractivity contribution in [2.75, 3.05) is 6.54 Å². The first-order valence-electron chi connectivity index (χ1n) is 8.36. The van der Waals surface area contributed by atoms with E-state index in [9.17, 15) is 17.6 Å². The van der Waals surface area contributed by atoms with Crippen molar-refractivity contribution in [1.29, 1.82) is 0 Å². The summed E-state index contributed by atoms with van der Waals surface area (Å²) in [7, 11) is -3.83. The van der Waals surface area contributed by atoms with Crippen molar-refractivity contribution in [1.82, 2.24) is 5.32 Å². The number of carbonyl (C=O) groups excluding carboxylic acids is 1. The Labute approximate surface area is 175 Å². The van der Waals surface area contributed by atoms with Gasteiger partial charge in [0.25, 0.3) is 5.91 Å². The molecule has 8 heteroatoms. The average Bonchev–Trinajstić information content (AvgIpc) is 3.18. The Morgan fingerprint density at radius 3 is 2.61 bits per heavy atom. The molecule has 0 fully saturated rings. The number of hydrogen-bond donors (Lipinski definition) is 1. The minimum absolute atomic E-state index is 0.0292. The highest BCUT2D eigenvalue weighted by Crippen LogP contribution is 2.32. The van der Waals surface area contributed by atoms with E-state index in [1.807, 2.05) is 0 Å². The lowest BCUT2D eigenvalue weighted by Crippen LogP contribution is -2.31. The summed E-state index contributed by atoms with van der Waals surface area (Å²) in [5, 5.41) is 3.53. The quantitative estimate of drug-likeness (QED) is 0.509. The van der Waals surface area contributed by atoms with Crippen LogP contribution in [0.1, 0.15) is 26.0 Å². The Hall–Kier alpha value is -2.03. The maximum Gasteiger partial charge on any atom is 0.251 e. The van der Waals surface area contributed by atoms with Gasteiger partial charge in [0.05, 0.1) is 4.90 Å². The number of benzene rings is 2. The molecule has 1 heterocycles. The van der Waals surface area contributed by atoms with Crippen molar-refractivity contribution < 1.29 is 17.6 Å². The van der Waals surface area contributed by atoms with Crippen molar-refractivity contribution >= 4 is 43.0 Å². The van der Waals surface area contributed by atoms with Crippen molar-refractivity contribution in [3.8, 4) is 0 Å². The molecule has 3 rings (SSSR count). The summed E-state index contributed by atoms with van der Waals surface area (Å²) in [5.74, 6) is -0.831. The fraction of sp³-hybridized carbons (Fsp3) is 0.150. The van der Waals surface area contributed by atoms with Crippen LogP contribution in [0.2, 0.25) is 0 Å². The van der Waals surface area contributed by atoms with Crippen LogP contribution < -0.4 is 5.32 Å². The van der Waals surface area contributed by atoms with E-state index in [1.54, 1.807) is 41.8 Å². The lowest BCUT2D eigenvalue weighted by Gasteiger charge is -2.18. The van der Waals surface area contributed by atoms with Crippen molar-refractivity contribution in [2.45, 2.75) is 17.1 Å². The van der Waals surface area contributed by atoms with Gasteiger partial charge < -0.3 is 5.32 Å². The second kappa shape index (κ2) is 8.55. The maximum absolute atomic E-state index is 13.6. The fourth-order valence-electron chi connectivity index (χ4n) is 2.71. The van der Waals surface area contributed by atoms with Gasteiger partial charge in [-0.05, 0) is 60.3 Å². The van der Waals surface area contributed by atoms with Crippen molar-refractivity contribution in [3.63, 3.8) is 0 Å². The number of hydrogen-bond acceptors (Lipinski definition) is 4. The zero-order valence-electron chi connectivity index (χ0n) is 14.9. The molecule has 0 bridgehead atoms. The third kappa shape index (κ3) is 4.51. The minimum atomic E-state index is -3.83. The molecular formula is C20H17BrFNO3S2. The summed E-state index contributed by atoms with van der Waals surface area (Å²) in [6, 6.07) is 14.0. The molecule has 4 nitrogen and oxygen atoms in total. The highest BCUT2D eigenvalue weighted by molar-refractivity contribution is 9.10. The number of amides is 1. The normalized spacial score (nSPS) is 12.5. The van der Waals surface area contributed by atoms with Crippen LogP contribution in [0.4, 0.5) is 4.39 Å². The zero-order valence-corrected chi connectivity index (χ0v) is 18.1. The molecule has 0 saturated heterocycles. The summed E-state index contributed by atoms with van der Waals surface area (Å²) < 4.78 is 40.8. The van der Waals surface area contributed by atoms with Gasteiger partial charge in [0, 0.05) is 21.5 Å². The van der Waals surface area contributed by atoms with Gasteiger partial charge in [-0.25, -0.2) is 12.8 Å². The number of nitrogens with one attached hydrogen (secondary N) is 1. The minimum Gasteiger partial charge on any atom is -0.350 e. The average molecular weight is 482 g/mol. The molecule has 0 aliphatic carbocycles. The van der Waals surface area contributed by atoms with Gasteiger partial charge in [-0.2, -0.15) is 0 Å². The lowest BCUT2D eigenvalue weighted by molar-refractivity contribution is 0.0953. The van der Waals surface area contributed by atoms with Crippen molar-refractivity contribution in [3.05, 3.63) is 86.3 Å². The third-order valence-corrected chi connectivity index (χ3v) is 7.94. The molecule has 2 aromatic carbocycles. The van der Waals surface area contributed by atoms with Crippen LogP contribution in [0.5, 0.6) is 0 Å². The highest BCUT2D eigenvalue weighted by atomic mass is 79.9. The molecular weight excluding hydrogens is 465 g/mol. The van der Waals surface area contributed by atoms with Crippen LogP contribution in [0.25, 0.3) is 0 Å². The highest BCUT2D eigenvalue weighted by Gasteiger charge is 2.31. The molecule has 0 aliphatic rings. The topological polar surface area (TPSA) is 63.2 Å². The second-order valence-electron chi connectivity index (χ2n) is 6.18. The van der Waals surface area contributed by atoms with Gasteiger partial charge in [-0.15, -0.1) is 11.3 Å². The summed E-state index contributed by atoms with van der Waals surface area (Å²) in [5.41, 5.74) is 0.679. The van der Waals surface area contributed by atoms with Crippen molar-refractivity contribution in [2.24, 2.45) is 0 Å². The first-order chi connectivity index (χ1) is 13.3. The largest absolute Gasteiger partial charge is 0.350 e. The molecule has 0 unspecified atom stereocenters. The molecule has 0 saturated carbocycles. The Balaban J connectivity index is 1.89. The molecule has 1 aromatic heterocycles. The van der Waals surface area contributed by atoms with E-state index in [0.717, 1.165) is 10.5 Å². The van der Waals surface area contributed by atoms with Crippen LogP contribution in [-0.2, 0) is 9.84 Å². The van der Waals surface area contributed by atoms with Gasteiger partial charge in [0.2, 0.25) is 0 Å². The summed E-state index contributed by atoms with van der Waals surface area (Å²) >= 11 is 4.61. The molecule has 1 atom stereocenters.